The number of nitrogens with zero attached hydrogens (tertiary/aromatic N) is 2. The van der Waals surface area contributed by atoms with Crippen LogP contribution in [0.5, 0.6) is 0 Å². The molecule has 35 heavy (non-hydrogen) atoms. The number of benzene rings is 2. The Morgan fingerprint density at radius 1 is 1.06 bits per heavy atom. The third kappa shape index (κ3) is 4.79. The Morgan fingerprint density at radius 2 is 1.74 bits per heavy atom. The van der Waals surface area contributed by atoms with Gasteiger partial charge in [-0.05, 0) is 49.9 Å². The highest BCUT2D eigenvalue weighted by atomic mass is 35.5. The van der Waals surface area contributed by atoms with Crippen molar-refractivity contribution in [1.82, 2.24) is 9.47 Å². The maximum Gasteiger partial charge on any atom is 0.338 e. The molecule has 2 aromatic carbocycles. The average Bonchev–Trinajstić information content (AvgIpc) is 3.50. The summed E-state index contributed by atoms with van der Waals surface area (Å²) in [7, 11) is 1.67. The fourth-order valence-electron chi connectivity index (χ4n) is 4.94. The molecule has 5 nitrogen and oxygen atoms in total. The van der Waals surface area contributed by atoms with Crippen molar-refractivity contribution >= 4 is 34.4 Å². The number of rotatable bonds is 6. The Hall–Kier alpha value is -2.93. The topological polar surface area (TPSA) is 51.5 Å². The van der Waals surface area contributed by atoms with E-state index in [9.17, 15) is 18.4 Å². The minimum absolute atomic E-state index is 0.215. The first-order valence-corrected chi connectivity index (χ1v) is 12.3. The molecule has 0 spiro atoms. The van der Waals surface area contributed by atoms with Crippen LogP contribution in [0.25, 0.3) is 10.9 Å². The minimum Gasteiger partial charge on any atom is -0.454 e. The number of fused-ring (bicyclic) bond motifs is 1. The summed E-state index contributed by atoms with van der Waals surface area (Å²) in [6.07, 6.45) is 3.31. The molecule has 0 bridgehead atoms. The van der Waals surface area contributed by atoms with Gasteiger partial charge >= 0.3 is 5.97 Å². The largest absolute Gasteiger partial charge is 0.454 e. The zero-order valence-electron chi connectivity index (χ0n) is 19.5. The number of ether oxygens (including phenoxy) is 1. The number of halogens is 3. The monoisotopic (exact) mass is 500 g/mol. The van der Waals surface area contributed by atoms with Gasteiger partial charge < -0.3 is 14.2 Å². The van der Waals surface area contributed by atoms with Gasteiger partial charge in [0.2, 0.25) is 5.92 Å². The van der Waals surface area contributed by atoms with Gasteiger partial charge in [0, 0.05) is 37.5 Å². The summed E-state index contributed by atoms with van der Waals surface area (Å²) < 4.78 is 35.1. The summed E-state index contributed by atoms with van der Waals surface area (Å²) in [5.41, 5.74) is 1.05. The molecule has 0 radical (unpaired) electrons. The van der Waals surface area contributed by atoms with E-state index in [0.29, 0.717) is 28.1 Å². The number of carbonyl (C=O) groups excluding carboxylic acids is 2. The van der Waals surface area contributed by atoms with Crippen molar-refractivity contribution in [3.63, 3.8) is 0 Å². The van der Waals surface area contributed by atoms with Crippen molar-refractivity contribution in [3.05, 3.63) is 70.9 Å². The van der Waals surface area contributed by atoms with Crippen LogP contribution >= 0.6 is 11.6 Å². The molecule has 1 heterocycles. The van der Waals surface area contributed by atoms with Gasteiger partial charge in [-0.15, -0.1) is 0 Å². The van der Waals surface area contributed by atoms with Crippen LogP contribution in [0.1, 0.15) is 59.2 Å². The first-order chi connectivity index (χ1) is 16.7. The second-order valence-corrected chi connectivity index (χ2v) is 10.2. The molecule has 2 saturated carbocycles. The summed E-state index contributed by atoms with van der Waals surface area (Å²) >= 11 is 6.53. The Morgan fingerprint density at radius 3 is 2.40 bits per heavy atom. The SMILES string of the molecule is CN(C(=O)c1cn(CC2(OC(=O)c3ccccc3)CC2)c2cccc(Cl)c12)C1CCC(F)(F)CC1. The van der Waals surface area contributed by atoms with Crippen molar-refractivity contribution < 1.29 is 23.1 Å². The number of carbonyl (C=O) groups is 2. The Kier molecular flexibility index (Phi) is 6.08. The van der Waals surface area contributed by atoms with Gasteiger partial charge in [0.15, 0.2) is 0 Å². The highest BCUT2D eigenvalue weighted by Crippen LogP contribution is 2.43. The van der Waals surface area contributed by atoms with Gasteiger partial charge in [-0.3, -0.25) is 4.79 Å². The van der Waals surface area contributed by atoms with Crippen LogP contribution in [0.4, 0.5) is 8.78 Å². The quantitative estimate of drug-likeness (QED) is 0.371. The fraction of sp³-hybridized carbons (Fsp3) is 0.407. The van der Waals surface area contributed by atoms with Crippen LogP contribution in [-0.4, -0.2) is 46.0 Å². The molecule has 0 unspecified atom stereocenters. The van der Waals surface area contributed by atoms with Crippen molar-refractivity contribution in [1.29, 1.82) is 0 Å². The van der Waals surface area contributed by atoms with Crippen molar-refractivity contribution in [2.75, 3.05) is 7.05 Å². The van der Waals surface area contributed by atoms with E-state index in [1.807, 2.05) is 22.8 Å². The van der Waals surface area contributed by atoms with E-state index in [4.69, 9.17) is 16.3 Å². The molecule has 1 amide bonds. The molecular weight excluding hydrogens is 474 g/mol. The lowest BCUT2D eigenvalue weighted by Crippen LogP contribution is -2.41. The molecule has 2 fully saturated rings. The van der Waals surface area contributed by atoms with E-state index in [-0.39, 0.29) is 43.6 Å². The number of aromatic nitrogens is 1. The molecular formula is C27H27ClF2N2O3. The third-order valence-corrected chi connectivity index (χ3v) is 7.54. The number of amides is 1. The Labute approximate surface area is 207 Å². The smallest absolute Gasteiger partial charge is 0.338 e. The van der Waals surface area contributed by atoms with Crippen molar-refractivity contribution in [2.45, 2.75) is 62.6 Å². The molecule has 5 rings (SSSR count). The van der Waals surface area contributed by atoms with Gasteiger partial charge in [-0.25, -0.2) is 13.6 Å². The lowest BCUT2D eigenvalue weighted by atomic mass is 9.91. The van der Waals surface area contributed by atoms with Crippen LogP contribution in [0, 0.1) is 0 Å². The molecule has 0 saturated heterocycles. The van der Waals surface area contributed by atoms with E-state index >= 15 is 0 Å². The predicted molar refractivity (Wildman–Crippen MR) is 130 cm³/mol. The van der Waals surface area contributed by atoms with Crippen LogP contribution in [0.15, 0.2) is 54.7 Å². The van der Waals surface area contributed by atoms with Gasteiger partial charge in [0.05, 0.1) is 28.2 Å². The zero-order valence-corrected chi connectivity index (χ0v) is 20.2. The fourth-order valence-corrected chi connectivity index (χ4v) is 5.21. The third-order valence-electron chi connectivity index (χ3n) is 7.23. The van der Waals surface area contributed by atoms with E-state index in [1.165, 1.54) is 0 Å². The molecule has 2 aliphatic carbocycles. The van der Waals surface area contributed by atoms with Crippen molar-refractivity contribution in [3.8, 4) is 0 Å². The maximum absolute atomic E-state index is 13.6. The molecule has 1 aromatic heterocycles. The molecule has 0 atom stereocenters. The standard InChI is InChI=1S/C27H27ClF2N2O3/c1-31(19-10-12-27(29,30)13-11-19)24(33)20-16-32(22-9-5-8-21(28)23(20)22)17-26(14-15-26)35-25(34)18-6-3-2-4-7-18/h2-9,16,19H,10-15,17H2,1H3. The van der Waals surface area contributed by atoms with E-state index < -0.39 is 11.5 Å². The average molecular weight is 501 g/mol. The van der Waals surface area contributed by atoms with Gasteiger partial charge in [-0.1, -0.05) is 35.9 Å². The highest BCUT2D eigenvalue weighted by molar-refractivity contribution is 6.36. The first kappa shape index (κ1) is 23.8. The molecule has 0 N–H and O–H groups in total. The van der Waals surface area contributed by atoms with Crippen LogP contribution in [-0.2, 0) is 11.3 Å². The van der Waals surface area contributed by atoms with Crippen LogP contribution in [0.3, 0.4) is 0 Å². The van der Waals surface area contributed by atoms with E-state index in [1.54, 1.807) is 48.5 Å². The van der Waals surface area contributed by atoms with Gasteiger partial charge in [0.1, 0.15) is 5.60 Å². The molecule has 8 heteroatoms. The molecule has 3 aromatic rings. The zero-order chi connectivity index (χ0) is 24.8. The number of hydrogen-bond acceptors (Lipinski definition) is 3. The number of hydrogen-bond donors (Lipinski definition) is 0. The first-order valence-electron chi connectivity index (χ1n) is 11.9. The molecule has 2 aliphatic rings. The van der Waals surface area contributed by atoms with E-state index in [2.05, 4.69) is 0 Å². The number of esters is 1. The van der Waals surface area contributed by atoms with Crippen molar-refractivity contribution in [2.24, 2.45) is 0 Å². The van der Waals surface area contributed by atoms with Crippen LogP contribution < -0.4 is 0 Å². The predicted octanol–water partition coefficient (Wildman–Crippen LogP) is 6.33. The normalized spacial score (nSPS) is 18.9. The molecule has 0 aliphatic heterocycles. The van der Waals surface area contributed by atoms with Gasteiger partial charge in [0.25, 0.3) is 5.91 Å². The number of alkyl halides is 2. The lowest BCUT2D eigenvalue weighted by Gasteiger charge is -2.34. The summed E-state index contributed by atoms with van der Waals surface area (Å²) in [5.74, 6) is -3.28. The summed E-state index contributed by atoms with van der Waals surface area (Å²) in [6, 6.07) is 14.0. The van der Waals surface area contributed by atoms with Gasteiger partial charge in [-0.2, -0.15) is 0 Å². The summed E-state index contributed by atoms with van der Waals surface area (Å²) in [6.45, 7) is 0.398. The summed E-state index contributed by atoms with van der Waals surface area (Å²) in [4.78, 5) is 27.7. The van der Waals surface area contributed by atoms with E-state index in [0.717, 1.165) is 18.4 Å². The minimum atomic E-state index is -2.66. The lowest BCUT2D eigenvalue weighted by molar-refractivity contribution is -0.0490. The second-order valence-electron chi connectivity index (χ2n) is 9.75. The molecule has 184 valence electrons. The highest BCUT2D eigenvalue weighted by Gasteiger charge is 2.48. The van der Waals surface area contributed by atoms with Crippen LogP contribution in [0.2, 0.25) is 5.02 Å². The Balaban J connectivity index is 1.40. The summed E-state index contributed by atoms with van der Waals surface area (Å²) in [5, 5.41) is 1.07. The maximum atomic E-state index is 13.6. The second kappa shape index (κ2) is 8.94. The Bertz CT molecular complexity index is 1260.